The quantitative estimate of drug-likeness (QED) is 0.471. The van der Waals surface area contributed by atoms with E-state index in [0.717, 1.165) is 0 Å². The average molecular weight is 273 g/mol. The number of nitrogens with zero attached hydrogens (tertiary/aromatic N) is 1. The van der Waals surface area contributed by atoms with Gasteiger partial charge in [-0.05, 0) is 6.07 Å². The molecule has 0 saturated carbocycles. The van der Waals surface area contributed by atoms with Crippen LogP contribution in [0.5, 0.6) is 0 Å². The lowest BCUT2D eigenvalue weighted by Crippen LogP contribution is -2.26. The van der Waals surface area contributed by atoms with Crippen molar-refractivity contribution in [3.63, 3.8) is 0 Å². The lowest BCUT2D eigenvalue weighted by atomic mass is 10.2. The lowest BCUT2D eigenvalue weighted by Gasteiger charge is -2.09. The van der Waals surface area contributed by atoms with Gasteiger partial charge in [-0.15, -0.1) is 0 Å². The molecule has 1 aromatic carbocycles. The Morgan fingerprint density at radius 1 is 1.50 bits per heavy atom. The van der Waals surface area contributed by atoms with Crippen LogP contribution in [-0.2, 0) is 11.3 Å². The molecule has 0 spiro atoms. The van der Waals surface area contributed by atoms with Crippen LogP contribution in [0.2, 0.25) is 5.02 Å². The van der Waals surface area contributed by atoms with Crippen LogP contribution in [0.25, 0.3) is 0 Å². The molecule has 0 saturated heterocycles. The molecule has 0 aliphatic carbocycles. The first kappa shape index (κ1) is 14.9. The third kappa shape index (κ3) is 4.60. The fourth-order valence-corrected chi connectivity index (χ4v) is 1.68. The normalized spacial score (nSPS) is 10.9. The van der Waals surface area contributed by atoms with Crippen LogP contribution in [0.15, 0.2) is 18.2 Å². The number of nitro benzene ring substituents is 1. The summed E-state index contributed by atoms with van der Waals surface area (Å²) in [6.07, 6.45) is 0. The van der Waals surface area contributed by atoms with E-state index < -0.39 is 4.92 Å². The van der Waals surface area contributed by atoms with Gasteiger partial charge >= 0.3 is 0 Å². The molecular weight excluding hydrogens is 256 g/mol. The largest absolute Gasteiger partial charge is 0.375 e. The van der Waals surface area contributed by atoms with Crippen molar-refractivity contribution in [3.05, 3.63) is 38.9 Å². The van der Waals surface area contributed by atoms with Crippen LogP contribution in [-0.4, -0.2) is 24.1 Å². The minimum atomic E-state index is -0.447. The molecule has 0 heterocycles. The molecule has 6 heteroatoms. The van der Waals surface area contributed by atoms with Gasteiger partial charge in [0.1, 0.15) is 0 Å². The van der Waals surface area contributed by atoms with Gasteiger partial charge in [-0.1, -0.05) is 31.5 Å². The Morgan fingerprint density at radius 2 is 2.22 bits per heavy atom. The van der Waals surface area contributed by atoms with Crippen LogP contribution >= 0.6 is 11.6 Å². The highest BCUT2D eigenvalue weighted by atomic mass is 35.5. The molecule has 0 bridgehead atoms. The van der Waals surface area contributed by atoms with Gasteiger partial charge in [-0.2, -0.15) is 0 Å². The molecule has 0 unspecified atom stereocenters. The van der Waals surface area contributed by atoms with E-state index in [2.05, 4.69) is 5.32 Å². The fraction of sp³-hybridized carbons (Fsp3) is 0.500. The molecule has 0 aliphatic heterocycles. The maximum Gasteiger partial charge on any atom is 0.276 e. The molecule has 0 aromatic heterocycles. The highest BCUT2D eigenvalue weighted by Gasteiger charge is 2.16. The van der Waals surface area contributed by atoms with E-state index >= 15 is 0 Å². The first-order valence-electron chi connectivity index (χ1n) is 5.75. The summed E-state index contributed by atoms with van der Waals surface area (Å²) < 4.78 is 5.39. The third-order valence-corrected chi connectivity index (χ3v) is 2.69. The van der Waals surface area contributed by atoms with Crippen molar-refractivity contribution in [1.29, 1.82) is 0 Å². The highest BCUT2D eigenvalue weighted by molar-refractivity contribution is 6.31. The Hall–Kier alpha value is -1.17. The van der Waals surface area contributed by atoms with Crippen molar-refractivity contribution < 1.29 is 9.66 Å². The van der Waals surface area contributed by atoms with Gasteiger partial charge in [0.25, 0.3) is 5.69 Å². The van der Waals surface area contributed by atoms with Gasteiger partial charge in [0.15, 0.2) is 0 Å². The summed E-state index contributed by atoms with van der Waals surface area (Å²) in [4.78, 5) is 10.4. The smallest absolute Gasteiger partial charge is 0.276 e. The van der Waals surface area contributed by atoms with Gasteiger partial charge in [-0.3, -0.25) is 10.1 Å². The zero-order valence-electron chi connectivity index (χ0n) is 10.5. The van der Waals surface area contributed by atoms with Gasteiger partial charge in [0, 0.05) is 18.7 Å². The molecule has 0 aliphatic rings. The lowest BCUT2D eigenvalue weighted by molar-refractivity contribution is -0.385. The number of rotatable bonds is 7. The molecule has 1 aromatic rings. The number of hydrogen-bond donors (Lipinski definition) is 1. The Bertz CT molecular complexity index is 410. The Balaban J connectivity index is 2.53. The Kier molecular flexibility index (Phi) is 6.04. The fourth-order valence-electron chi connectivity index (χ4n) is 1.46. The molecule has 1 N–H and O–H groups in total. The maximum absolute atomic E-state index is 10.8. The van der Waals surface area contributed by atoms with Crippen molar-refractivity contribution >= 4 is 17.3 Å². The highest BCUT2D eigenvalue weighted by Crippen LogP contribution is 2.26. The van der Waals surface area contributed by atoms with E-state index in [-0.39, 0.29) is 12.3 Å². The van der Waals surface area contributed by atoms with Crippen molar-refractivity contribution in [2.24, 2.45) is 0 Å². The molecule has 100 valence electrons. The number of nitrogens with one attached hydrogen (secondary N) is 1. The number of hydrogen-bond acceptors (Lipinski definition) is 4. The molecule has 0 fully saturated rings. The molecule has 0 amide bonds. The Labute approximate surface area is 111 Å². The number of benzene rings is 1. The summed E-state index contributed by atoms with van der Waals surface area (Å²) in [7, 11) is 0. The summed E-state index contributed by atoms with van der Waals surface area (Å²) in [6.45, 7) is 5.42. The Morgan fingerprint density at radius 3 is 2.83 bits per heavy atom. The van der Waals surface area contributed by atoms with Crippen molar-refractivity contribution in [2.75, 3.05) is 13.2 Å². The van der Waals surface area contributed by atoms with Crippen LogP contribution in [0, 0.1) is 10.1 Å². The van der Waals surface area contributed by atoms with Crippen molar-refractivity contribution in [2.45, 2.75) is 26.5 Å². The van der Waals surface area contributed by atoms with Gasteiger partial charge in [-0.25, -0.2) is 0 Å². The summed E-state index contributed by atoms with van der Waals surface area (Å²) in [5, 5.41) is 14.4. The summed E-state index contributed by atoms with van der Waals surface area (Å²) >= 11 is 5.94. The van der Waals surface area contributed by atoms with Crippen molar-refractivity contribution in [1.82, 2.24) is 5.32 Å². The molecule has 0 atom stereocenters. The third-order valence-electron chi connectivity index (χ3n) is 2.34. The van der Waals surface area contributed by atoms with Crippen LogP contribution in [0.4, 0.5) is 5.69 Å². The van der Waals surface area contributed by atoms with Crippen LogP contribution in [0.1, 0.15) is 19.4 Å². The first-order chi connectivity index (χ1) is 8.52. The van der Waals surface area contributed by atoms with E-state index in [4.69, 9.17) is 16.3 Å². The number of ether oxygens (including phenoxy) is 1. The summed E-state index contributed by atoms with van der Waals surface area (Å²) in [5.41, 5.74) is 0.424. The zero-order valence-corrected chi connectivity index (χ0v) is 11.2. The molecule has 5 nitrogen and oxygen atoms in total. The van der Waals surface area contributed by atoms with E-state index in [1.807, 2.05) is 13.8 Å². The van der Waals surface area contributed by atoms with Crippen LogP contribution < -0.4 is 5.32 Å². The predicted octanol–water partition coefficient (Wildman–Crippen LogP) is 2.76. The average Bonchev–Trinajstić information content (AvgIpc) is 2.29. The predicted molar refractivity (Wildman–Crippen MR) is 70.9 cm³/mol. The topological polar surface area (TPSA) is 64.4 Å². The van der Waals surface area contributed by atoms with Gasteiger partial charge in [0.05, 0.1) is 28.7 Å². The molecule has 0 radical (unpaired) electrons. The zero-order chi connectivity index (χ0) is 13.5. The minimum absolute atomic E-state index is 0.000631. The van der Waals surface area contributed by atoms with Crippen molar-refractivity contribution in [3.8, 4) is 0 Å². The number of nitro groups is 1. The van der Waals surface area contributed by atoms with Crippen LogP contribution in [0.3, 0.4) is 0 Å². The standard InChI is InChI=1S/C12H17ClN2O3/c1-9(2)14-6-7-18-8-10-11(13)4-3-5-12(10)15(16)17/h3-5,9,14H,6-8H2,1-2H3. The van der Waals surface area contributed by atoms with E-state index in [1.54, 1.807) is 12.1 Å². The summed E-state index contributed by atoms with van der Waals surface area (Å²) in [6, 6.07) is 5.00. The molecule has 1 rings (SSSR count). The first-order valence-corrected chi connectivity index (χ1v) is 6.13. The van der Waals surface area contributed by atoms with E-state index in [1.165, 1.54) is 6.07 Å². The van der Waals surface area contributed by atoms with E-state index in [0.29, 0.717) is 29.8 Å². The monoisotopic (exact) mass is 272 g/mol. The number of halogens is 1. The second kappa shape index (κ2) is 7.31. The van der Waals surface area contributed by atoms with E-state index in [9.17, 15) is 10.1 Å². The van der Waals surface area contributed by atoms with Gasteiger partial charge < -0.3 is 10.1 Å². The van der Waals surface area contributed by atoms with Gasteiger partial charge in [0.2, 0.25) is 0 Å². The second-order valence-corrected chi connectivity index (χ2v) is 4.56. The molecular formula is C12H17ClN2O3. The molecule has 18 heavy (non-hydrogen) atoms. The SMILES string of the molecule is CC(C)NCCOCc1c(Cl)cccc1[N+](=O)[O-]. The maximum atomic E-state index is 10.8. The second-order valence-electron chi connectivity index (χ2n) is 4.16. The summed E-state index contributed by atoms with van der Waals surface area (Å²) in [5.74, 6) is 0. The minimum Gasteiger partial charge on any atom is -0.375 e.